The number of nitrogens with zero attached hydrogens (tertiary/aromatic N) is 4. The van der Waals surface area contributed by atoms with Gasteiger partial charge in [-0.3, -0.25) is 14.4 Å². The molecule has 2 atom stereocenters. The predicted molar refractivity (Wildman–Crippen MR) is 103 cm³/mol. The second kappa shape index (κ2) is 7.68. The number of likely N-dealkylation sites (tertiary alicyclic amines) is 1. The summed E-state index contributed by atoms with van der Waals surface area (Å²) in [4.78, 5) is 16.5. The number of hydrogen-bond donors (Lipinski definition) is 0. The van der Waals surface area contributed by atoms with Crippen LogP contribution in [0.2, 0.25) is 0 Å². The molecule has 30 heavy (non-hydrogen) atoms. The number of halogens is 4. The molecule has 9 heteroatoms. The fourth-order valence-corrected chi connectivity index (χ4v) is 4.89. The van der Waals surface area contributed by atoms with Crippen LogP contribution in [-0.2, 0) is 17.9 Å². The van der Waals surface area contributed by atoms with Gasteiger partial charge in [-0.05, 0) is 50.5 Å². The van der Waals surface area contributed by atoms with E-state index in [0.717, 1.165) is 4.68 Å². The van der Waals surface area contributed by atoms with Crippen LogP contribution < -0.4 is 4.90 Å². The van der Waals surface area contributed by atoms with Crippen LogP contribution in [0, 0.1) is 5.82 Å². The summed E-state index contributed by atoms with van der Waals surface area (Å²) in [7, 11) is 0. The first kappa shape index (κ1) is 20.8. The quantitative estimate of drug-likeness (QED) is 0.693. The first-order valence-electron chi connectivity index (χ1n) is 10.1. The molecule has 0 radical (unpaired) electrons. The van der Waals surface area contributed by atoms with Crippen LogP contribution in [0.3, 0.4) is 0 Å². The topological polar surface area (TPSA) is 41.4 Å². The van der Waals surface area contributed by atoms with Gasteiger partial charge in [0.2, 0.25) is 5.91 Å². The Hall–Kier alpha value is -2.42. The zero-order valence-electron chi connectivity index (χ0n) is 16.7. The van der Waals surface area contributed by atoms with E-state index in [4.69, 9.17) is 0 Å². The Morgan fingerprint density at radius 2 is 2.03 bits per heavy atom. The summed E-state index contributed by atoms with van der Waals surface area (Å²) < 4.78 is 53.1. The van der Waals surface area contributed by atoms with Crippen molar-refractivity contribution in [1.82, 2.24) is 14.7 Å². The number of alkyl halides is 3. The molecule has 1 spiro atoms. The maximum Gasteiger partial charge on any atom is 0.408 e. The van der Waals surface area contributed by atoms with Crippen LogP contribution in [-0.4, -0.2) is 44.9 Å². The first-order valence-corrected chi connectivity index (χ1v) is 10.1. The van der Waals surface area contributed by atoms with E-state index in [1.807, 2.05) is 6.92 Å². The second-order valence-electron chi connectivity index (χ2n) is 8.30. The molecule has 2 fully saturated rings. The summed E-state index contributed by atoms with van der Waals surface area (Å²) in [5, 5.41) is 3.81. The highest BCUT2D eigenvalue weighted by Gasteiger charge is 2.49. The normalized spacial score (nSPS) is 25.4. The highest BCUT2D eigenvalue weighted by atomic mass is 19.4. The van der Waals surface area contributed by atoms with Crippen molar-refractivity contribution < 1.29 is 22.4 Å². The fraction of sp³-hybridized carbons (Fsp3) is 0.524. The molecular formula is C21H24F4N4O. The molecule has 2 unspecified atom stereocenters. The Labute approximate surface area is 172 Å². The van der Waals surface area contributed by atoms with Crippen molar-refractivity contribution in [2.75, 3.05) is 11.4 Å². The third kappa shape index (κ3) is 4.08. The lowest BCUT2D eigenvalue weighted by Crippen LogP contribution is -2.56. The largest absolute Gasteiger partial charge is 0.408 e. The molecule has 0 aliphatic carbocycles. The first-order chi connectivity index (χ1) is 14.2. The van der Waals surface area contributed by atoms with Gasteiger partial charge in [0.15, 0.2) is 0 Å². The van der Waals surface area contributed by atoms with Crippen LogP contribution in [0.25, 0.3) is 0 Å². The van der Waals surface area contributed by atoms with Gasteiger partial charge in [-0.25, -0.2) is 4.39 Å². The molecular weight excluding hydrogens is 400 g/mol. The maximum atomic E-state index is 13.8. The molecule has 2 aromatic rings. The van der Waals surface area contributed by atoms with Crippen molar-refractivity contribution >= 4 is 11.6 Å². The summed E-state index contributed by atoms with van der Waals surface area (Å²) in [5.41, 5.74) is 0.702. The monoisotopic (exact) mass is 424 g/mol. The Kier molecular flexibility index (Phi) is 5.34. The van der Waals surface area contributed by atoms with Gasteiger partial charge in [-0.2, -0.15) is 18.3 Å². The fourth-order valence-electron chi connectivity index (χ4n) is 4.89. The van der Waals surface area contributed by atoms with Gasteiger partial charge in [0.25, 0.3) is 0 Å². The average Bonchev–Trinajstić information content (AvgIpc) is 3.20. The van der Waals surface area contributed by atoms with Gasteiger partial charge in [0.1, 0.15) is 12.4 Å². The van der Waals surface area contributed by atoms with E-state index in [1.165, 1.54) is 18.3 Å². The summed E-state index contributed by atoms with van der Waals surface area (Å²) in [6.07, 6.45) is -0.448. The minimum absolute atomic E-state index is 0.00972. The van der Waals surface area contributed by atoms with Gasteiger partial charge < -0.3 is 4.90 Å². The number of piperidine rings is 1. The molecule has 1 amide bonds. The lowest BCUT2D eigenvalue weighted by atomic mass is 9.81. The minimum atomic E-state index is -4.33. The standard InChI is InChI=1S/C21H24F4N4O/c1-15-12-20(7-5-19(30)29(20)17-4-2-3-16(22)11-17)8-10-27(15)13-18-6-9-26-28(18)14-21(23,24)25/h2-4,6,9,11,15H,5,7-8,10,12-14H2,1H3. The van der Waals surface area contributed by atoms with E-state index in [9.17, 15) is 22.4 Å². The van der Waals surface area contributed by atoms with Gasteiger partial charge >= 0.3 is 6.18 Å². The Morgan fingerprint density at radius 1 is 1.23 bits per heavy atom. The van der Waals surface area contributed by atoms with E-state index in [2.05, 4.69) is 10.00 Å². The highest BCUT2D eigenvalue weighted by Crippen LogP contribution is 2.44. The van der Waals surface area contributed by atoms with E-state index < -0.39 is 12.7 Å². The van der Waals surface area contributed by atoms with Crippen LogP contribution >= 0.6 is 0 Å². The molecule has 5 nitrogen and oxygen atoms in total. The third-order valence-electron chi connectivity index (χ3n) is 6.26. The molecule has 2 saturated heterocycles. The molecule has 1 aromatic carbocycles. The van der Waals surface area contributed by atoms with E-state index >= 15 is 0 Å². The number of carbonyl (C=O) groups excluding carboxylic acids is 1. The lowest BCUT2D eigenvalue weighted by molar-refractivity contribution is -0.143. The minimum Gasteiger partial charge on any atom is -0.306 e. The Balaban J connectivity index is 1.50. The molecule has 0 saturated carbocycles. The molecule has 2 aliphatic heterocycles. The van der Waals surface area contributed by atoms with E-state index in [0.29, 0.717) is 50.2 Å². The Bertz CT molecular complexity index is 928. The van der Waals surface area contributed by atoms with Crippen LogP contribution in [0.15, 0.2) is 36.5 Å². The van der Waals surface area contributed by atoms with Crippen LogP contribution in [0.4, 0.5) is 23.2 Å². The predicted octanol–water partition coefficient (Wildman–Crippen LogP) is 4.13. The second-order valence-corrected chi connectivity index (χ2v) is 8.30. The summed E-state index contributed by atoms with van der Waals surface area (Å²) >= 11 is 0. The number of amides is 1. The number of anilines is 1. The number of benzene rings is 1. The van der Waals surface area contributed by atoms with Gasteiger partial charge in [-0.1, -0.05) is 6.07 Å². The molecule has 0 bridgehead atoms. The number of aromatic nitrogens is 2. The van der Waals surface area contributed by atoms with Gasteiger partial charge in [0, 0.05) is 37.4 Å². The summed E-state index contributed by atoms with van der Waals surface area (Å²) in [5.74, 6) is -0.393. The van der Waals surface area contributed by atoms with Crippen LogP contribution in [0.5, 0.6) is 0 Å². The van der Waals surface area contributed by atoms with Crippen molar-refractivity contribution in [3.05, 3.63) is 48.0 Å². The SMILES string of the molecule is CC1CC2(CCC(=O)N2c2cccc(F)c2)CCN1Cc1ccnn1CC(F)(F)F. The molecule has 3 heterocycles. The summed E-state index contributed by atoms with van der Waals surface area (Å²) in [6.45, 7) is 1.92. The van der Waals surface area contributed by atoms with Gasteiger partial charge in [-0.15, -0.1) is 0 Å². The highest BCUT2D eigenvalue weighted by molar-refractivity contribution is 5.97. The zero-order chi connectivity index (χ0) is 21.5. The molecule has 1 aromatic heterocycles. The maximum absolute atomic E-state index is 13.8. The van der Waals surface area contributed by atoms with Crippen molar-refractivity contribution in [1.29, 1.82) is 0 Å². The zero-order valence-corrected chi connectivity index (χ0v) is 16.7. The van der Waals surface area contributed by atoms with Crippen molar-refractivity contribution in [3.63, 3.8) is 0 Å². The van der Waals surface area contributed by atoms with Gasteiger partial charge in [0.05, 0.1) is 11.2 Å². The van der Waals surface area contributed by atoms with Crippen molar-refractivity contribution in [2.45, 2.75) is 63.5 Å². The van der Waals surface area contributed by atoms with Crippen molar-refractivity contribution in [3.8, 4) is 0 Å². The molecule has 162 valence electrons. The van der Waals surface area contributed by atoms with Crippen molar-refractivity contribution in [2.24, 2.45) is 0 Å². The van der Waals surface area contributed by atoms with E-state index in [1.54, 1.807) is 23.1 Å². The average molecular weight is 424 g/mol. The smallest absolute Gasteiger partial charge is 0.306 e. The lowest BCUT2D eigenvalue weighted by Gasteiger charge is -2.48. The number of hydrogen-bond acceptors (Lipinski definition) is 3. The third-order valence-corrected chi connectivity index (χ3v) is 6.26. The molecule has 4 rings (SSSR count). The number of rotatable bonds is 4. The molecule has 0 N–H and O–H groups in total. The number of carbonyl (C=O) groups is 1. The van der Waals surface area contributed by atoms with Crippen LogP contribution in [0.1, 0.15) is 38.3 Å². The summed E-state index contributed by atoms with van der Waals surface area (Å²) in [6, 6.07) is 7.76. The molecule has 2 aliphatic rings. The van der Waals surface area contributed by atoms with E-state index in [-0.39, 0.29) is 23.3 Å². The Morgan fingerprint density at radius 3 is 2.73 bits per heavy atom.